The molecule has 0 aliphatic rings. The van der Waals surface area contributed by atoms with Gasteiger partial charge in [-0.25, -0.2) is 0 Å². The second-order valence-electron chi connectivity index (χ2n) is 6.09. The van der Waals surface area contributed by atoms with Gasteiger partial charge in [0.2, 0.25) is 0 Å². The minimum atomic E-state index is -0.936. The maximum absolute atomic E-state index is 12.3. The Bertz CT molecular complexity index is 802. The largest absolute Gasteiger partial charge is 0.495 e. The molecule has 0 radical (unpaired) electrons. The number of ether oxygens (including phenoxy) is 2. The Kier molecular flexibility index (Phi) is 6.64. The zero-order valence-electron chi connectivity index (χ0n) is 15.3. The number of hydrogen-bond donors (Lipinski definition) is 1. The van der Waals surface area contributed by atoms with Crippen molar-refractivity contribution in [1.82, 2.24) is 0 Å². The van der Waals surface area contributed by atoms with E-state index in [1.54, 1.807) is 12.1 Å². The van der Waals surface area contributed by atoms with Gasteiger partial charge in [-0.3, -0.25) is 9.59 Å². The highest BCUT2D eigenvalue weighted by atomic mass is 35.5. The molecule has 6 heteroatoms. The summed E-state index contributed by atoms with van der Waals surface area (Å²) in [6.07, 6.45) is -0.824. The monoisotopic (exact) mass is 375 g/mol. The van der Waals surface area contributed by atoms with Crippen LogP contribution in [0.2, 0.25) is 5.02 Å². The molecule has 5 nitrogen and oxygen atoms in total. The number of rotatable bonds is 6. The standard InChI is InChI=1S/C20H22ClNO4/c1-12-5-7-15(8-6-12)10-19(23)26-14(3)20(24)22-17-9-13(2)16(21)11-18(17)25-4/h5-9,11,14H,10H2,1-4H3,(H,22,24)/t14-/m0/s1. The van der Waals surface area contributed by atoms with Crippen LogP contribution >= 0.6 is 11.6 Å². The number of carbonyl (C=O) groups is 2. The highest BCUT2D eigenvalue weighted by molar-refractivity contribution is 6.31. The molecule has 0 aromatic heterocycles. The number of methoxy groups -OCH3 is 1. The predicted octanol–water partition coefficient (Wildman–Crippen LogP) is 4.08. The number of esters is 1. The molecule has 1 atom stereocenters. The number of nitrogens with one attached hydrogen (secondary N) is 1. The maximum Gasteiger partial charge on any atom is 0.311 e. The van der Waals surface area contributed by atoms with Crippen molar-refractivity contribution >= 4 is 29.2 Å². The third-order valence-corrected chi connectivity index (χ3v) is 4.29. The van der Waals surface area contributed by atoms with Crippen molar-refractivity contribution < 1.29 is 19.1 Å². The number of halogens is 1. The first kappa shape index (κ1) is 19.8. The van der Waals surface area contributed by atoms with Gasteiger partial charge < -0.3 is 14.8 Å². The number of amides is 1. The number of anilines is 1. The molecule has 138 valence electrons. The lowest BCUT2D eigenvalue weighted by Gasteiger charge is -2.16. The van der Waals surface area contributed by atoms with Gasteiger partial charge in [-0.1, -0.05) is 41.4 Å². The summed E-state index contributed by atoms with van der Waals surface area (Å²) in [4.78, 5) is 24.4. The normalized spacial score (nSPS) is 11.6. The molecule has 1 amide bonds. The van der Waals surface area contributed by atoms with E-state index >= 15 is 0 Å². The molecule has 0 heterocycles. The van der Waals surface area contributed by atoms with Crippen LogP contribution in [0.3, 0.4) is 0 Å². The smallest absolute Gasteiger partial charge is 0.311 e. The average molecular weight is 376 g/mol. The number of hydrogen-bond acceptors (Lipinski definition) is 4. The minimum Gasteiger partial charge on any atom is -0.495 e. The zero-order chi connectivity index (χ0) is 19.3. The van der Waals surface area contributed by atoms with Crippen molar-refractivity contribution in [3.63, 3.8) is 0 Å². The molecule has 2 aromatic rings. The number of carbonyl (C=O) groups excluding carboxylic acids is 2. The van der Waals surface area contributed by atoms with Crippen molar-refractivity contribution in [2.45, 2.75) is 33.3 Å². The van der Waals surface area contributed by atoms with E-state index in [0.717, 1.165) is 16.7 Å². The Morgan fingerprint density at radius 1 is 1.15 bits per heavy atom. The Balaban J connectivity index is 1.98. The van der Waals surface area contributed by atoms with Crippen LogP contribution in [0.15, 0.2) is 36.4 Å². The van der Waals surface area contributed by atoms with Gasteiger partial charge in [-0.2, -0.15) is 0 Å². The lowest BCUT2D eigenvalue weighted by atomic mass is 10.1. The van der Waals surface area contributed by atoms with E-state index < -0.39 is 18.0 Å². The van der Waals surface area contributed by atoms with Gasteiger partial charge in [0.15, 0.2) is 6.10 Å². The van der Waals surface area contributed by atoms with E-state index in [9.17, 15) is 9.59 Å². The minimum absolute atomic E-state index is 0.112. The summed E-state index contributed by atoms with van der Waals surface area (Å²) in [5.74, 6) is -0.467. The summed E-state index contributed by atoms with van der Waals surface area (Å²) in [6, 6.07) is 10.9. The van der Waals surface area contributed by atoms with Gasteiger partial charge in [-0.05, 0) is 38.0 Å². The van der Waals surface area contributed by atoms with Crippen LogP contribution in [0.5, 0.6) is 5.75 Å². The third kappa shape index (κ3) is 5.23. The van der Waals surface area contributed by atoms with Crippen LogP contribution in [0, 0.1) is 13.8 Å². The SMILES string of the molecule is COc1cc(Cl)c(C)cc1NC(=O)[C@H](C)OC(=O)Cc1ccc(C)cc1. The number of benzene rings is 2. The van der Waals surface area contributed by atoms with Crippen molar-refractivity contribution in [3.8, 4) is 5.75 Å². The van der Waals surface area contributed by atoms with Crippen molar-refractivity contribution in [2.75, 3.05) is 12.4 Å². The van der Waals surface area contributed by atoms with Gasteiger partial charge in [-0.15, -0.1) is 0 Å². The fraction of sp³-hybridized carbons (Fsp3) is 0.300. The maximum atomic E-state index is 12.3. The predicted molar refractivity (Wildman–Crippen MR) is 102 cm³/mol. The molecule has 1 N–H and O–H groups in total. The van der Waals surface area contributed by atoms with Crippen molar-refractivity contribution in [3.05, 3.63) is 58.1 Å². The van der Waals surface area contributed by atoms with E-state index in [1.165, 1.54) is 14.0 Å². The van der Waals surface area contributed by atoms with E-state index in [4.69, 9.17) is 21.1 Å². The zero-order valence-corrected chi connectivity index (χ0v) is 16.0. The summed E-state index contributed by atoms with van der Waals surface area (Å²) in [6.45, 7) is 5.32. The van der Waals surface area contributed by atoms with Crippen LogP contribution in [-0.2, 0) is 20.7 Å². The lowest BCUT2D eigenvalue weighted by Crippen LogP contribution is -2.30. The average Bonchev–Trinajstić information content (AvgIpc) is 2.59. The molecule has 0 aliphatic carbocycles. The molecule has 0 fully saturated rings. The first-order valence-electron chi connectivity index (χ1n) is 8.20. The highest BCUT2D eigenvalue weighted by Gasteiger charge is 2.20. The summed E-state index contributed by atoms with van der Waals surface area (Å²) < 4.78 is 10.5. The first-order chi connectivity index (χ1) is 12.3. The molecule has 0 saturated carbocycles. The molecule has 2 rings (SSSR count). The van der Waals surface area contributed by atoms with E-state index in [-0.39, 0.29) is 6.42 Å². The fourth-order valence-corrected chi connectivity index (χ4v) is 2.48. The summed E-state index contributed by atoms with van der Waals surface area (Å²) in [7, 11) is 1.49. The summed E-state index contributed by atoms with van der Waals surface area (Å²) >= 11 is 6.06. The van der Waals surface area contributed by atoms with Gasteiger partial charge in [0.25, 0.3) is 5.91 Å². The van der Waals surface area contributed by atoms with Gasteiger partial charge in [0.1, 0.15) is 5.75 Å². The Morgan fingerprint density at radius 3 is 2.42 bits per heavy atom. The fourth-order valence-electron chi connectivity index (χ4n) is 2.33. The molecule has 26 heavy (non-hydrogen) atoms. The topological polar surface area (TPSA) is 64.6 Å². The second-order valence-corrected chi connectivity index (χ2v) is 6.49. The third-order valence-electron chi connectivity index (χ3n) is 3.89. The van der Waals surface area contributed by atoms with E-state index in [1.807, 2.05) is 38.1 Å². The molecule has 0 bridgehead atoms. The van der Waals surface area contributed by atoms with E-state index in [2.05, 4.69) is 5.32 Å². The molecular formula is C20H22ClNO4. The molecule has 2 aromatic carbocycles. The van der Waals surface area contributed by atoms with Crippen molar-refractivity contribution in [2.24, 2.45) is 0 Å². The van der Waals surface area contributed by atoms with Gasteiger partial charge in [0, 0.05) is 11.1 Å². The Hall–Kier alpha value is -2.53. The summed E-state index contributed by atoms with van der Waals surface area (Å²) in [5.41, 5.74) is 3.22. The lowest BCUT2D eigenvalue weighted by molar-refractivity contribution is -0.152. The molecule has 0 spiro atoms. The highest BCUT2D eigenvalue weighted by Crippen LogP contribution is 2.31. The van der Waals surface area contributed by atoms with E-state index in [0.29, 0.717) is 16.5 Å². The molecular weight excluding hydrogens is 354 g/mol. The quantitative estimate of drug-likeness (QED) is 0.773. The molecule has 0 unspecified atom stereocenters. The number of aryl methyl sites for hydroxylation is 2. The van der Waals surface area contributed by atoms with Gasteiger partial charge >= 0.3 is 5.97 Å². The van der Waals surface area contributed by atoms with Crippen molar-refractivity contribution in [1.29, 1.82) is 0 Å². The van der Waals surface area contributed by atoms with Crippen LogP contribution in [0.25, 0.3) is 0 Å². The molecule has 0 saturated heterocycles. The first-order valence-corrected chi connectivity index (χ1v) is 8.58. The van der Waals surface area contributed by atoms with Crippen LogP contribution < -0.4 is 10.1 Å². The second kappa shape index (κ2) is 8.72. The van der Waals surface area contributed by atoms with Gasteiger partial charge in [0.05, 0.1) is 19.2 Å². The van der Waals surface area contributed by atoms with Crippen LogP contribution in [-0.4, -0.2) is 25.1 Å². The summed E-state index contributed by atoms with van der Waals surface area (Å²) in [5, 5.41) is 3.25. The Labute approximate surface area is 158 Å². The van der Waals surface area contributed by atoms with Crippen LogP contribution in [0.4, 0.5) is 5.69 Å². The molecule has 0 aliphatic heterocycles. The van der Waals surface area contributed by atoms with Crippen LogP contribution in [0.1, 0.15) is 23.6 Å². The Morgan fingerprint density at radius 2 is 1.81 bits per heavy atom.